The normalized spacial score (nSPS) is 24.8. The maximum absolute atomic E-state index is 12.5. The van der Waals surface area contributed by atoms with Crippen LogP contribution in [0.1, 0.15) is 39.5 Å². The summed E-state index contributed by atoms with van der Waals surface area (Å²) in [4.78, 5) is 36.0. The number of hydrogen-bond acceptors (Lipinski definition) is 7. The zero-order chi connectivity index (χ0) is 21.2. The number of nitriles is 2. The van der Waals surface area contributed by atoms with Crippen LogP contribution in [0.3, 0.4) is 0 Å². The molecule has 150 valence electrons. The number of rotatable bonds is 4. The van der Waals surface area contributed by atoms with Gasteiger partial charge in [0.05, 0.1) is 24.7 Å². The predicted octanol–water partition coefficient (Wildman–Crippen LogP) is 2.70. The topological polar surface area (TPSA) is 117 Å². The van der Waals surface area contributed by atoms with Crippen molar-refractivity contribution in [2.24, 2.45) is 17.3 Å². The van der Waals surface area contributed by atoms with Gasteiger partial charge in [-0.3, -0.25) is 14.4 Å². The highest BCUT2D eigenvalue weighted by molar-refractivity contribution is 6.03. The smallest absolute Gasteiger partial charge is 0.309 e. The van der Waals surface area contributed by atoms with Gasteiger partial charge in [-0.1, -0.05) is 12.2 Å². The van der Waals surface area contributed by atoms with Crippen molar-refractivity contribution in [3.63, 3.8) is 0 Å². The summed E-state index contributed by atoms with van der Waals surface area (Å²) >= 11 is 0. The van der Waals surface area contributed by atoms with Crippen LogP contribution in [-0.4, -0.2) is 30.9 Å². The van der Waals surface area contributed by atoms with Crippen molar-refractivity contribution in [3.05, 3.63) is 34.4 Å². The Morgan fingerprint density at radius 2 is 2.00 bits per heavy atom. The van der Waals surface area contributed by atoms with Gasteiger partial charge in [0.15, 0.2) is 11.2 Å². The standard InChI is InChI=1S/C22H22N2O5/c1-3-28-21(27)14-4-5-19-16(6-14)7-15-8-20(26)18(10-29-13(2)25)17(15)9-22(19,11-23)12-24/h5,7,14,16H,3-4,6,8-10H2,1-2H3/t14-,16-/m0/s1. The average molecular weight is 394 g/mol. The molecule has 0 amide bonds. The van der Waals surface area contributed by atoms with Crippen LogP contribution in [0.25, 0.3) is 0 Å². The molecular formula is C22H22N2O5. The van der Waals surface area contributed by atoms with Crippen molar-refractivity contribution in [2.75, 3.05) is 13.2 Å². The molecule has 3 rings (SSSR count). The molecule has 2 atom stereocenters. The minimum absolute atomic E-state index is 0.0700. The minimum Gasteiger partial charge on any atom is -0.466 e. The maximum atomic E-state index is 12.5. The van der Waals surface area contributed by atoms with Crippen LogP contribution < -0.4 is 0 Å². The Bertz CT molecular complexity index is 927. The molecule has 0 aromatic rings. The molecule has 0 aliphatic heterocycles. The number of hydrogen-bond donors (Lipinski definition) is 0. The Hall–Kier alpha value is -3.19. The predicted molar refractivity (Wildman–Crippen MR) is 101 cm³/mol. The summed E-state index contributed by atoms with van der Waals surface area (Å²) < 4.78 is 10.2. The molecular weight excluding hydrogens is 372 g/mol. The van der Waals surface area contributed by atoms with Crippen molar-refractivity contribution in [3.8, 4) is 12.1 Å². The van der Waals surface area contributed by atoms with Crippen molar-refractivity contribution in [2.45, 2.75) is 39.5 Å². The van der Waals surface area contributed by atoms with E-state index in [9.17, 15) is 24.9 Å². The molecule has 29 heavy (non-hydrogen) atoms. The van der Waals surface area contributed by atoms with Crippen LogP contribution in [0, 0.1) is 39.9 Å². The second kappa shape index (κ2) is 8.05. The van der Waals surface area contributed by atoms with Crippen LogP contribution >= 0.6 is 0 Å². The van der Waals surface area contributed by atoms with Gasteiger partial charge >= 0.3 is 11.9 Å². The van der Waals surface area contributed by atoms with E-state index in [1.54, 1.807) is 6.92 Å². The van der Waals surface area contributed by atoms with Gasteiger partial charge in [-0.25, -0.2) is 0 Å². The maximum Gasteiger partial charge on any atom is 0.309 e. The highest BCUT2D eigenvalue weighted by Gasteiger charge is 2.47. The lowest BCUT2D eigenvalue weighted by Gasteiger charge is -2.32. The Labute approximate surface area is 169 Å². The molecule has 0 N–H and O–H groups in total. The van der Waals surface area contributed by atoms with Crippen LogP contribution in [0.4, 0.5) is 0 Å². The molecule has 0 radical (unpaired) electrons. The van der Waals surface area contributed by atoms with E-state index in [4.69, 9.17) is 9.47 Å². The lowest BCUT2D eigenvalue weighted by molar-refractivity contribution is -0.148. The molecule has 3 aliphatic rings. The number of Topliss-reactive ketones (excluding diaryl/α,β-unsaturated/α-hetero) is 1. The van der Waals surface area contributed by atoms with Gasteiger partial charge in [0.1, 0.15) is 6.61 Å². The third kappa shape index (κ3) is 3.73. The van der Waals surface area contributed by atoms with E-state index < -0.39 is 11.4 Å². The second-order valence-electron chi connectivity index (χ2n) is 7.52. The first-order valence-electron chi connectivity index (χ1n) is 9.64. The first-order chi connectivity index (χ1) is 13.8. The molecule has 7 heteroatoms. The zero-order valence-corrected chi connectivity index (χ0v) is 16.5. The number of carbonyl (C=O) groups excluding carboxylic acids is 3. The van der Waals surface area contributed by atoms with Crippen molar-refractivity contribution < 1.29 is 23.9 Å². The summed E-state index contributed by atoms with van der Waals surface area (Å²) in [5.41, 5.74) is 0.968. The zero-order valence-electron chi connectivity index (χ0n) is 16.5. The fourth-order valence-corrected chi connectivity index (χ4v) is 4.36. The summed E-state index contributed by atoms with van der Waals surface area (Å²) in [7, 11) is 0. The minimum atomic E-state index is -1.43. The fourth-order valence-electron chi connectivity index (χ4n) is 4.36. The van der Waals surface area contributed by atoms with E-state index in [1.807, 2.05) is 12.2 Å². The Balaban J connectivity index is 2.06. The van der Waals surface area contributed by atoms with E-state index in [-0.39, 0.29) is 43.0 Å². The molecule has 7 nitrogen and oxygen atoms in total. The SMILES string of the molecule is CCOC(=O)[C@H]1CC=C2[C@H](C=C3CC(=O)C(COC(C)=O)=C3CC2(C#N)C#N)C1. The number of carbonyl (C=O) groups is 3. The number of esters is 2. The molecule has 0 saturated heterocycles. The molecule has 0 saturated carbocycles. The largest absolute Gasteiger partial charge is 0.466 e. The van der Waals surface area contributed by atoms with Crippen molar-refractivity contribution in [1.82, 2.24) is 0 Å². The Morgan fingerprint density at radius 1 is 1.28 bits per heavy atom. The van der Waals surface area contributed by atoms with E-state index in [0.29, 0.717) is 36.2 Å². The third-order valence-corrected chi connectivity index (χ3v) is 5.76. The van der Waals surface area contributed by atoms with Crippen LogP contribution in [0.5, 0.6) is 0 Å². The summed E-state index contributed by atoms with van der Waals surface area (Å²) in [6.45, 7) is 3.14. The number of fused-ring (bicyclic) bond motifs is 2. The van der Waals surface area contributed by atoms with Gasteiger partial charge in [-0.2, -0.15) is 10.5 Å². The molecule has 0 unspecified atom stereocenters. The number of nitrogens with zero attached hydrogens (tertiary/aromatic N) is 2. The van der Waals surface area contributed by atoms with Gasteiger partial charge < -0.3 is 9.47 Å². The molecule has 0 bridgehead atoms. The van der Waals surface area contributed by atoms with Crippen LogP contribution in [0.2, 0.25) is 0 Å². The van der Waals surface area contributed by atoms with E-state index >= 15 is 0 Å². The first-order valence-corrected chi connectivity index (χ1v) is 9.64. The van der Waals surface area contributed by atoms with Gasteiger partial charge in [-0.05, 0) is 36.5 Å². The molecule has 3 aliphatic carbocycles. The summed E-state index contributed by atoms with van der Waals surface area (Å²) in [6.07, 6.45) is 4.78. The average Bonchev–Trinajstić information content (AvgIpc) is 2.90. The van der Waals surface area contributed by atoms with E-state index in [2.05, 4.69) is 12.1 Å². The quantitative estimate of drug-likeness (QED) is 0.531. The van der Waals surface area contributed by atoms with E-state index in [0.717, 1.165) is 5.57 Å². The van der Waals surface area contributed by atoms with Gasteiger partial charge in [0, 0.05) is 31.3 Å². The van der Waals surface area contributed by atoms with Crippen LogP contribution in [-0.2, 0) is 23.9 Å². The fraction of sp³-hybridized carbons (Fsp3) is 0.500. The number of ether oxygens (including phenoxy) is 2. The van der Waals surface area contributed by atoms with Crippen LogP contribution in [0.15, 0.2) is 34.4 Å². The van der Waals surface area contributed by atoms with Crippen molar-refractivity contribution in [1.29, 1.82) is 10.5 Å². The number of ketones is 1. The lowest BCUT2D eigenvalue weighted by atomic mass is 9.68. The van der Waals surface area contributed by atoms with Gasteiger partial charge in [-0.15, -0.1) is 0 Å². The highest BCUT2D eigenvalue weighted by Crippen LogP contribution is 2.50. The molecule has 0 spiro atoms. The van der Waals surface area contributed by atoms with Crippen molar-refractivity contribution >= 4 is 17.7 Å². The van der Waals surface area contributed by atoms with Gasteiger partial charge in [0.2, 0.25) is 0 Å². The molecule has 0 heterocycles. The molecule has 0 aromatic carbocycles. The summed E-state index contributed by atoms with van der Waals surface area (Å²) in [5, 5.41) is 19.9. The summed E-state index contributed by atoms with van der Waals surface area (Å²) in [6, 6.07) is 4.31. The molecule has 0 aromatic heterocycles. The second-order valence-corrected chi connectivity index (χ2v) is 7.52. The monoisotopic (exact) mass is 394 g/mol. The summed E-state index contributed by atoms with van der Waals surface area (Å²) in [5.74, 6) is -1.61. The molecule has 0 fully saturated rings. The van der Waals surface area contributed by atoms with Gasteiger partial charge in [0.25, 0.3) is 0 Å². The lowest BCUT2D eigenvalue weighted by Crippen LogP contribution is -2.30. The third-order valence-electron chi connectivity index (χ3n) is 5.76. The highest BCUT2D eigenvalue weighted by atomic mass is 16.5. The Kier molecular flexibility index (Phi) is 5.70. The Morgan fingerprint density at radius 3 is 2.62 bits per heavy atom. The first kappa shape index (κ1) is 20.5. The number of allylic oxidation sites excluding steroid dienone is 5. The van der Waals surface area contributed by atoms with E-state index in [1.165, 1.54) is 6.92 Å².